The summed E-state index contributed by atoms with van der Waals surface area (Å²) in [5, 5.41) is 11.8. The molecule has 1 aliphatic heterocycles. The van der Waals surface area contributed by atoms with Gasteiger partial charge in [-0.05, 0) is 39.3 Å². The molecule has 1 fully saturated rings. The highest BCUT2D eigenvalue weighted by Crippen LogP contribution is 2.23. The molecule has 0 spiro atoms. The van der Waals surface area contributed by atoms with E-state index in [0.29, 0.717) is 11.9 Å². The lowest BCUT2D eigenvalue weighted by molar-refractivity contribution is 0.147. The molecule has 3 N–H and O–H groups in total. The Morgan fingerprint density at radius 1 is 1.50 bits per heavy atom. The van der Waals surface area contributed by atoms with Gasteiger partial charge in [0.1, 0.15) is 5.84 Å². The van der Waals surface area contributed by atoms with Crippen molar-refractivity contribution < 1.29 is 5.21 Å². The molecule has 1 aliphatic rings. The molecule has 1 saturated heterocycles. The van der Waals surface area contributed by atoms with Crippen LogP contribution in [-0.2, 0) is 0 Å². The molecule has 0 amide bonds. The Labute approximate surface area is 98.5 Å². The average molecular weight is 227 g/mol. The van der Waals surface area contributed by atoms with Crippen LogP contribution in [0.2, 0.25) is 0 Å². The molecule has 4 nitrogen and oxygen atoms in total. The Hall–Kier alpha value is -0.770. The topological polar surface area (TPSA) is 61.8 Å². The van der Waals surface area contributed by atoms with Crippen LogP contribution in [0.5, 0.6) is 0 Å². The summed E-state index contributed by atoms with van der Waals surface area (Å²) in [5.41, 5.74) is 5.47. The van der Waals surface area contributed by atoms with E-state index < -0.39 is 0 Å². The maximum atomic E-state index is 8.71. The first-order chi connectivity index (χ1) is 7.47. The van der Waals surface area contributed by atoms with Crippen molar-refractivity contribution in [3.63, 3.8) is 0 Å². The van der Waals surface area contributed by atoms with Crippen molar-refractivity contribution in [3.8, 4) is 0 Å². The van der Waals surface area contributed by atoms with Crippen molar-refractivity contribution in [2.24, 2.45) is 16.3 Å². The van der Waals surface area contributed by atoms with E-state index in [4.69, 9.17) is 10.9 Å². The summed E-state index contributed by atoms with van der Waals surface area (Å²) in [4.78, 5) is 2.51. The van der Waals surface area contributed by atoms with E-state index in [2.05, 4.69) is 17.0 Å². The molecule has 0 aromatic carbocycles. The fourth-order valence-electron chi connectivity index (χ4n) is 2.18. The number of nitrogens with two attached hydrogens (primary N) is 1. The fraction of sp³-hybridized carbons (Fsp3) is 0.917. The molecule has 1 rings (SSSR count). The van der Waals surface area contributed by atoms with Crippen LogP contribution in [-0.4, -0.2) is 35.1 Å². The van der Waals surface area contributed by atoms with E-state index in [9.17, 15) is 0 Å². The summed E-state index contributed by atoms with van der Waals surface area (Å²) < 4.78 is 0. The number of rotatable bonds is 4. The van der Waals surface area contributed by atoms with Gasteiger partial charge in [-0.3, -0.25) is 0 Å². The van der Waals surface area contributed by atoms with Gasteiger partial charge in [0.25, 0.3) is 0 Å². The summed E-state index contributed by atoms with van der Waals surface area (Å²) in [7, 11) is 0. The van der Waals surface area contributed by atoms with Crippen LogP contribution >= 0.6 is 0 Å². The molecule has 94 valence electrons. The van der Waals surface area contributed by atoms with E-state index in [1.165, 1.54) is 25.8 Å². The quantitative estimate of drug-likeness (QED) is 0.334. The number of amidine groups is 1. The lowest BCUT2D eigenvalue weighted by atomic mass is 9.87. The number of likely N-dealkylation sites (tertiary alicyclic amines) is 1. The van der Waals surface area contributed by atoms with Crippen molar-refractivity contribution in [2.75, 3.05) is 13.1 Å². The van der Waals surface area contributed by atoms with Crippen LogP contribution in [0.4, 0.5) is 0 Å². The van der Waals surface area contributed by atoms with E-state index >= 15 is 0 Å². The molecule has 1 atom stereocenters. The zero-order valence-electron chi connectivity index (χ0n) is 10.7. The molecular formula is C12H25N3O. The maximum Gasteiger partial charge on any atom is 0.144 e. The van der Waals surface area contributed by atoms with Gasteiger partial charge in [0.2, 0.25) is 0 Å². The molecule has 1 unspecified atom stereocenters. The fourth-order valence-corrected chi connectivity index (χ4v) is 2.18. The van der Waals surface area contributed by atoms with Crippen LogP contribution in [0, 0.1) is 5.41 Å². The lowest BCUT2D eigenvalue weighted by Crippen LogP contribution is -2.41. The first-order valence-corrected chi connectivity index (χ1v) is 6.19. The normalized spacial score (nSPS) is 24.7. The van der Waals surface area contributed by atoms with Crippen molar-refractivity contribution in [1.29, 1.82) is 0 Å². The third-order valence-electron chi connectivity index (χ3n) is 3.77. The number of piperidine rings is 1. The molecule has 1 heterocycles. The summed E-state index contributed by atoms with van der Waals surface area (Å²) in [6, 6.07) is 0.678. The number of oxime groups is 1. The van der Waals surface area contributed by atoms with Gasteiger partial charge >= 0.3 is 0 Å². The Morgan fingerprint density at radius 2 is 2.19 bits per heavy atom. The third-order valence-corrected chi connectivity index (χ3v) is 3.77. The van der Waals surface area contributed by atoms with Crippen LogP contribution in [0.15, 0.2) is 5.16 Å². The van der Waals surface area contributed by atoms with Gasteiger partial charge in [-0.1, -0.05) is 25.4 Å². The summed E-state index contributed by atoms with van der Waals surface area (Å²) in [6.07, 6.45) is 4.88. The highest BCUT2D eigenvalue weighted by Gasteiger charge is 2.26. The summed E-state index contributed by atoms with van der Waals surface area (Å²) in [5.74, 6) is 0.331. The molecule has 0 saturated carbocycles. The number of hydrogen-bond acceptors (Lipinski definition) is 3. The van der Waals surface area contributed by atoms with Crippen molar-refractivity contribution in [2.45, 2.75) is 52.5 Å². The largest absolute Gasteiger partial charge is 0.409 e. The zero-order chi connectivity index (χ0) is 12.2. The highest BCUT2D eigenvalue weighted by molar-refractivity contribution is 5.85. The maximum absolute atomic E-state index is 8.71. The second-order valence-electron chi connectivity index (χ2n) is 5.50. The molecule has 0 aromatic heterocycles. The Kier molecular flexibility index (Phi) is 4.59. The molecule has 4 heteroatoms. The molecule has 0 radical (unpaired) electrons. The minimum Gasteiger partial charge on any atom is -0.409 e. The molecular weight excluding hydrogens is 202 g/mol. The van der Waals surface area contributed by atoms with Crippen molar-refractivity contribution in [3.05, 3.63) is 0 Å². The van der Waals surface area contributed by atoms with Crippen LogP contribution in [0.3, 0.4) is 0 Å². The second-order valence-corrected chi connectivity index (χ2v) is 5.50. The number of hydrogen-bond donors (Lipinski definition) is 2. The predicted octanol–water partition coefficient (Wildman–Crippen LogP) is 2.02. The highest BCUT2D eigenvalue weighted by atomic mass is 16.4. The van der Waals surface area contributed by atoms with Crippen molar-refractivity contribution >= 4 is 5.84 Å². The number of nitrogens with zero attached hydrogens (tertiary/aromatic N) is 2. The first-order valence-electron chi connectivity index (χ1n) is 6.19. The molecule has 0 aromatic rings. The lowest BCUT2D eigenvalue weighted by Gasteiger charge is -2.35. The van der Waals surface area contributed by atoms with Crippen molar-refractivity contribution in [1.82, 2.24) is 4.90 Å². The van der Waals surface area contributed by atoms with Gasteiger partial charge in [-0.15, -0.1) is 0 Å². The van der Waals surface area contributed by atoms with E-state index in [-0.39, 0.29) is 5.41 Å². The monoisotopic (exact) mass is 227 g/mol. The second kappa shape index (κ2) is 5.53. The minimum absolute atomic E-state index is 0.216. The predicted molar refractivity (Wildman–Crippen MR) is 66.7 cm³/mol. The van der Waals surface area contributed by atoms with Gasteiger partial charge < -0.3 is 15.8 Å². The SMILES string of the molecule is CC1CCCCN1CCC(C)(C)C(N)=NO. The summed E-state index contributed by atoms with van der Waals surface area (Å²) in [6.45, 7) is 8.56. The first kappa shape index (κ1) is 13.3. The molecule has 16 heavy (non-hydrogen) atoms. The van der Waals surface area contributed by atoms with Gasteiger partial charge in [-0.2, -0.15) is 0 Å². The summed E-state index contributed by atoms with van der Waals surface area (Å²) >= 11 is 0. The van der Waals surface area contributed by atoms with Crippen LogP contribution in [0.1, 0.15) is 46.5 Å². The van der Waals surface area contributed by atoms with E-state index in [0.717, 1.165) is 13.0 Å². The van der Waals surface area contributed by atoms with Gasteiger partial charge in [0.15, 0.2) is 0 Å². The smallest absolute Gasteiger partial charge is 0.144 e. The van der Waals surface area contributed by atoms with E-state index in [1.54, 1.807) is 0 Å². The standard InChI is InChI=1S/C12H25N3O/c1-10-6-4-5-8-15(10)9-7-12(2,3)11(13)14-16/h10,16H,4-9H2,1-3H3,(H2,13,14). The third kappa shape index (κ3) is 3.37. The van der Waals surface area contributed by atoms with Gasteiger partial charge in [0, 0.05) is 11.5 Å². The van der Waals surface area contributed by atoms with Crippen LogP contribution < -0.4 is 5.73 Å². The zero-order valence-corrected chi connectivity index (χ0v) is 10.7. The Morgan fingerprint density at radius 3 is 2.75 bits per heavy atom. The van der Waals surface area contributed by atoms with Gasteiger partial charge in [0.05, 0.1) is 0 Å². The Bertz CT molecular complexity index is 251. The Balaban J connectivity index is 2.44. The van der Waals surface area contributed by atoms with Crippen LogP contribution in [0.25, 0.3) is 0 Å². The molecule has 0 bridgehead atoms. The average Bonchev–Trinajstić information content (AvgIpc) is 2.27. The minimum atomic E-state index is -0.216. The molecule has 0 aliphatic carbocycles. The van der Waals surface area contributed by atoms with Gasteiger partial charge in [-0.25, -0.2) is 0 Å². The van der Waals surface area contributed by atoms with E-state index in [1.807, 2.05) is 13.8 Å².